The predicted molar refractivity (Wildman–Crippen MR) is 125 cm³/mol. The molecule has 0 atom stereocenters. The number of hydrogen-bond acceptors (Lipinski definition) is 5. The van der Waals surface area contributed by atoms with E-state index in [-0.39, 0.29) is 28.9 Å². The van der Waals surface area contributed by atoms with Gasteiger partial charge in [-0.25, -0.2) is 13.2 Å². The number of carbonyl (C=O) groups is 1. The van der Waals surface area contributed by atoms with Crippen LogP contribution in [0, 0.1) is 0 Å². The van der Waals surface area contributed by atoms with Gasteiger partial charge in [0.1, 0.15) is 12.4 Å². The fraction of sp³-hybridized carbons (Fsp3) is 0.240. The minimum Gasteiger partial charge on any atom is -0.487 e. The molecule has 10 heteroatoms. The second kappa shape index (κ2) is 10.4. The normalized spacial score (nSPS) is 11.9. The maximum atomic E-state index is 13.3. The maximum Gasteiger partial charge on any atom is 0.416 e. The van der Waals surface area contributed by atoms with Crippen molar-refractivity contribution in [3.05, 3.63) is 89.0 Å². The SMILES string of the molecule is COC(=O)c1ccc(COc2cc(C(F)(F)F)ccc2NS(=O)(=O)c2ccccc2C(C)C)cc1. The van der Waals surface area contributed by atoms with Gasteiger partial charge >= 0.3 is 12.1 Å². The first-order valence-electron chi connectivity index (χ1n) is 10.6. The van der Waals surface area contributed by atoms with E-state index in [0.29, 0.717) is 16.7 Å². The summed E-state index contributed by atoms with van der Waals surface area (Å²) < 4.78 is 78.8. The predicted octanol–water partition coefficient (Wildman–Crippen LogP) is 6.00. The first kappa shape index (κ1) is 26.1. The van der Waals surface area contributed by atoms with Gasteiger partial charge in [0.2, 0.25) is 0 Å². The summed E-state index contributed by atoms with van der Waals surface area (Å²) >= 11 is 0. The summed E-state index contributed by atoms with van der Waals surface area (Å²) in [7, 11) is -2.88. The van der Waals surface area contributed by atoms with Crippen LogP contribution >= 0.6 is 0 Å². The monoisotopic (exact) mass is 507 g/mol. The number of ether oxygens (including phenoxy) is 2. The van der Waals surface area contributed by atoms with E-state index in [1.54, 1.807) is 30.3 Å². The van der Waals surface area contributed by atoms with Crippen molar-refractivity contribution in [3.8, 4) is 5.75 Å². The van der Waals surface area contributed by atoms with Crippen molar-refractivity contribution in [2.45, 2.75) is 37.4 Å². The molecule has 0 aromatic heterocycles. The zero-order chi connectivity index (χ0) is 25.8. The number of halogens is 3. The molecule has 0 amide bonds. The zero-order valence-corrected chi connectivity index (χ0v) is 20.0. The highest BCUT2D eigenvalue weighted by atomic mass is 32.2. The molecule has 0 radical (unpaired) electrons. The van der Waals surface area contributed by atoms with Gasteiger partial charge in [-0.05, 0) is 53.4 Å². The summed E-state index contributed by atoms with van der Waals surface area (Å²) in [4.78, 5) is 11.6. The van der Waals surface area contributed by atoms with E-state index < -0.39 is 27.7 Å². The van der Waals surface area contributed by atoms with Crippen LogP contribution in [0.15, 0.2) is 71.6 Å². The number of sulfonamides is 1. The van der Waals surface area contributed by atoms with Gasteiger partial charge < -0.3 is 9.47 Å². The fourth-order valence-corrected chi connectivity index (χ4v) is 4.76. The molecule has 186 valence electrons. The third kappa shape index (κ3) is 6.33. The summed E-state index contributed by atoms with van der Waals surface area (Å²) in [6, 6.07) is 15.0. The van der Waals surface area contributed by atoms with Crippen molar-refractivity contribution in [1.29, 1.82) is 0 Å². The van der Waals surface area contributed by atoms with E-state index >= 15 is 0 Å². The third-order valence-electron chi connectivity index (χ3n) is 5.15. The highest BCUT2D eigenvalue weighted by Gasteiger charge is 2.32. The molecule has 0 aliphatic carbocycles. The molecule has 0 unspecified atom stereocenters. The Morgan fingerprint density at radius 1 is 1.00 bits per heavy atom. The Morgan fingerprint density at radius 3 is 2.26 bits per heavy atom. The molecule has 6 nitrogen and oxygen atoms in total. The quantitative estimate of drug-likeness (QED) is 0.379. The topological polar surface area (TPSA) is 81.7 Å². The van der Waals surface area contributed by atoms with E-state index in [2.05, 4.69) is 9.46 Å². The van der Waals surface area contributed by atoms with Crippen LogP contribution < -0.4 is 9.46 Å². The number of carbonyl (C=O) groups excluding carboxylic acids is 1. The molecule has 3 aromatic rings. The largest absolute Gasteiger partial charge is 0.487 e. The Bertz CT molecular complexity index is 1300. The lowest BCUT2D eigenvalue weighted by atomic mass is 10.0. The molecule has 35 heavy (non-hydrogen) atoms. The second-order valence-corrected chi connectivity index (χ2v) is 9.63. The Morgan fingerprint density at radius 2 is 1.66 bits per heavy atom. The zero-order valence-electron chi connectivity index (χ0n) is 19.2. The summed E-state index contributed by atoms with van der Waals surface area (Å²) in [5, 5.41) is 0. The molecule has 0 spiro atoms. The van der Waals surface area contributed by atoms with E-state index in [9.17, 15) is 26.4 Å². The Labute approximate surface area is 201 Å². The fourth-order valence-electron chi connectivity index (χ4n) is 3.32. The maximum absolute atomic E-state index is 13.3. The summed E-state index contributed by atoms with van der Waals surface area (Å²) in [6.45, 7) is 3.51. The van der Waals surface area contributed by atoms with Crippen molar-refractivity contribution in [3.63, 3.8) is 0 Å². The number of anilines is 1. The number of esters is 1. The van der Waals surface area contributed by atoms with E-state index in [4.69, 9.17) is 4.74 Å². The molecular weight excluding hydrogens is 483 g/mol. The Kier molecular flexibility index (Phi) is 7.74. The number of methoxy groups -OCH3 is 1. The van der Waals surface area contributed by atoms with Crippen LogP contribution in [0.3, 0.4) is 0 Å². The average Bonchev–Trinajstić information content (AvgIpc) is 2.82. The van der Waals surface area contributed by atoms with Crippen LogP contribution in [0.2, 0.25) is 0 Å². The lowest BCUT2D eigenvalue weighted by molar-refractivity contribution is -0.137. The average molecular weight is 508 g/mol. The minimum absolute atomic E-state index is 0.0271. The molecule has 1 N–H and O–H groups in total. The van der Waals surface area contributed by atoms with Crippen LogP contribution in [0.4, 0.5) is 18.9 Å². The van der Waals surface area contributed by atoms with Gasteiger partial charge in [0.15, 0.2) is 0 Å². The molecule has 0 heterocycles. The molecular formula is C25H24F3NO5S. The molecule has 0 saturated carbocycles. The van der Waals surface area contributed by atoms with Crippen molar-refractivity contribution in [2.75, 3.05) is 11.8 Å². The molecule has 0 saturated heterocycles. The van der Waals surface area contributed by atoms with Crippen LogP contribution in [0.1, 0.15) is 46.8 Å². The van der Waals surface area contributed by atoms with Gasteiger partial charge in [-0.3, -0.25) is 4.72 Å². The molecule has 0 fully saturated rings. The van der Waals surface area contributed by atoms with E-state index in [0.717, 1.165) is 18.2 Å². The van der Waals surface area contributed by atoms with Crippen molar-refractivity contribution in [1.82, 2.24) is 0 Å². The molecule has 0 bridgehead atoms. The van der Waals surface area contributed by atoms with Crippen molar-refractivity contribution >= 4 is 21.7 Å². The summed E-state index contributed by atoms with van der Waals surface area (Å²) in [5.41, 5.74) is 0.295. The number of nitrogens with one attached hydrogen (secondary N) is 1. The van der Waals surface area contributed by atoms with Gasteiger partial charge in [-0.1, -0.05) is 44.2 Å². The van der Waals surface area contributed by atoms with E-state index in [1.807, 2.05) is 13.8 Å². The highest BCUT2D eigenvalue weighted by molar-refractivity contribution is 7.92. The van der Waals surface area contributed by atoms with Gasteiger partial charge in [0.05, 0.1) is 28.8 Å². The molecule has 0 aliphatic heterocycles. The Hall–Kier alpha value is -3.53. The number of alkyl halides is 3. The number of hydrogen-bond donors (Lipinski definition) is 1. The standard InChI is InChI=1S/C25H24F3NO5S/c1-16(2)20-6-4-5-7-23(20)35(31,32)29-21-13-12-19(25(26,27)28)14-22(21)34-15-17-8-10-18(11-9-17)24(30)33-3/h4-14,16,29H,15H2,1-3H3. The van der Waals surface area contributed by atoms with Crippen molar-refractivity contribution < 1.29 is 35.9 Å². The summed E-state index contributed by atoms with van der Waals surface area (Å²) in [6.07, 6.45) is -4.65. The van der Waals surface area contributed by atoms with Gasteiger partial charge in [-0.2, -0.15) is 13.2 Å². The molecule has 0 aliphatic rings. The van der Waals surface area contributed by atoms with Crippen LogP contribution in [-0.2, 0) is 27.5 Å². The lowest BCUT2D eigenvalue weighted by Gasteiger charge is -2.18. The number of rotatable bonds is 8. The first-order chi connectivity index (χ1) is 16.4. The summed E-state index contributed by atoms with van der Waals surface area (Å²) in [5.74, 6) is -0.921. The number of benzene rings is 3. The van der Waals surface area contributed by atoms with Gasteiger partial charge in [0.25, 0.3) is 10.0 Å². The molecule has 3 aromatic carbocycles. The van der Waals surface area contributed by atoms with Gasteiger partial charge in [-0.15, -0.1) is 0 Å². The van der Waals surface area contributed by atoms with Crippen molar-refractivity contribution in [2.24, 2.45) is 0 Å². The lowest BCUT2D eigenvalue weighted by Crippen LogP contribution is -2.17. The minimum atomic E-state index is -4.65. The second-order valence-electron chi connectivity index (χ2n) is 7.98. The highest BCUT2D eigenvalue weighted by Crippen LogP contribution is 2.37. The van der Waals surface area contributed by atoms with E-state index in [1.165, 1.54) is 25.3 Å². The van der Waals surface area contributed by atoms with Crippen LogP contribution in [-0.4, -0.2) is 21.5 Å². The van der Waals surface area contributed by atoms with Crippen LogP contribution in [0.5, 0.6) is 5.75 Å². The van der Waals surface area contributed by atoms with Gasteiger partial charge in [0, 0.05) is 0 Å². The first-order valence-corrected chi connectivity index (χ1v) is 12.0. The van der Waals surface area contributed by atoms with Crippen LogP contribution in [0.25, 0.3) is 0 Å². The molecule has 3 rings (SSSR count). The third-order valence-corrected chi connectivity index (χ3v) is 6.59. The smallest absolute Gasteiger partial charge is 0.416 e. The Balaban J connectivity index is 1.93.